The quantitative estimate of drug-likeness (QED) is 0.811. The highest BCUT2D eigenvalue weighted by molar-refractivity contribution is 5.76. The fraction of sp³-hybridized carbons (Fsp3) is 0.500. The van der Waals surface area contributed by atoms with E-state index in [1.54, 1.807) is 12.1 Å². The second kappa shape index (κ2) is 6.94. The molecule has 0 aromatic heterocycles. The fourth-order valence-electron chi connectivity index (χ4n) is 2.15. The van der Waals surface area contributed by atoms with Crippen molar-refractivity contribution in [3.63, 3.8) is 0 Å². The van der Waals surface area contributed by atoms with Gasteiger partial charge in [-0.2, -0.15) is 5.26 Å². The molecule has 3 heteroatoms. The molecule has 3 nitrogen and oxygen atoms in total. The maximum atomic E-state index is 12.2. The van der Waals surface area contributed by atoms with Gasteiger partial charge in [0.1, 0.15) is 0 Å². The second-order valence-electron chi connectivity index (χ2n) is 5.19. The molecule has 0 spiro atoms. The molecular formula is C16H22N2O. The van der Waals surface area contributed by atoms with E-state index < -0.39 is 0 Å². The van der Waals surface area contributed by atoms with Gasteiger partial charge in [0.05, 0.1) is 17.7 Å². The number of carbonyl (C=O) groups is 1. The molecule has 1 aromatic rings. The van der Waals surface area contributed by atoms with E-state index in [1.807, 2.05) is 30.9 Å². The van der Waals surface area contributed by atoms with E-state index in [-0.39, 0.29) is 11.9 Å². The molecule has 0 saturated heterocycles. The first-order valence-corrected chi connectivity index (χ1v) is 6.79. The fourth-order valence-corrected chi connectivity index (χ4v) is 2.15. The minimum atomic E-state index is 0.0454. The average molecular weight is 258 g/mol. The van der Waals surface area contributed by atoms with Gasteiger partial charge < -0.3 is 4.90 Å². The summed E-state index contributed by atoms with van der Waals surface area (Å²) in [4.78, 5) is 14.1. The van der Waals surface area contributed by atoms with Crippen molar-refractivity contribution in [3.05, 3.63) is 35.4 Å². The molecule has 0 heterocycles. The molecule has 0 N–H and O–H groups in total. The Morgan fingerprint density at radius 2 is 1.84 bits per heavy atom. The van der Waals surface area contributed by atoms with Crippen molar-refractivity contribution >= 4 is 5.91 Å². The van der Waals surface area contributed by atoms with Crippen molar-refractivity contribution in [1.29, 1.82) is 5.26 Å². The largest absolute Gasteiger partial charge is 0.336 e. The Hall–Kier alpha value is -1.82. The lowest BCUT2D eigenvalue weighted by atomic mass is 10.0. The number of amides is 1. The Balaban J connectivity index is 2.85. The summed E-state index contributed by atoms with van der Waals surface area (Å²) in [7, 11) is 0. The normalized spacial score (nSPS) is 12.0. The highest BCUT2D eigenvalue weighted by atomic mass is 16.2. The molecular weight excluding hydrogens is 236 g/mol. The van der Waals surface area contributed by atoms with Crippen molar-refractivity contribution in [1.82, 2.24) is 4.90 Å². The number of benzene rings is 1. The highest BCUT2D eigenvalue weighted by Crippen LogP contribution is 2.22. The van der Waals surface area contributed by atoms with E-state index in [1.165, 1.54) is 0 Å². The Labute approximate surface area is 115 Å². The van der Waals surface area contributed by atoms with E-state index in [9.17, 15) is 4.79 Å². The molecule has 102 valence electrons. The van der Waals surface area contributed by atoms with Crippen LogP contribution in [0.3, 0.4) is 0 Å². The van der Waals surface area contributed by atoms with Crippen LogP contribution >= 0.6 is 0 Å². The number of carbonyl (C=O) groups excluding carboxylic acids is 1. The zero-order valence-corrected chi connectivity index (χ0v) is 12.2. The summed E-state index contributed by atoms with van der Waals surface area (Å²) in [5.74, 6) is 0.559. The average Bonchev–Trinajstić information content (AvgIpc) is 2.38. The summed E-state index contributed by atoms with van der Waals surface area (Å²) in [5, 5.41) is 8.80. The maximum absolute atomic E-state index is 12.2. The zero-order valence-electron chi connectivity index (χ0n) is 12.2. The van der Waals surface area contributed by atoms with Crippen LogP contribution in [-0.2, 0) is 4.79 Å². The van der Waals surface area contributed by atoms with Crippen LogP contribution in [-0.4, -0.2) is 17.4 Å². The van der Waals surface area contributed by atoms with Crippen molar-refractivity contribution in [2.24, 2.45) is 5.92 Å². The van der Waals surface area contributed by atoms with Crippen molar-refractivity contribution in [2.45, 2.75) is 40.2 Å². The molecule has 19 heavy (non-hydrogen) atoms. The number of rotatable bonds is 5. The van der Waals surface area contributed by atoms with Gasteiger partial charge in [0, 0.05) is 13.0 Å². The number of nitriles is 1. The summed E-state index contributed by atoms with van der Waals surface area (Å²) < 4.78 is 0. The smallest absolute Gasteiger partial charge is 0.223 e. The van der Waals surface area contributed by atoms with Crippen LogP contribution in [0, 0.1) is 17.2 Å². The third-order valence-electron chi connectivity index (χ3n) is 3.23. The molecule has 0 bridgehead atoms. The summed E-state index contributed by atoms with van der Waals surface area (Å²) in [5.41, 5.74) is 1.71. The molecule has 0 fully saturated rings. The van der Waals surface area contributed by atoms with E-state index in [2.05, 4.69) is 19.9 Å². The third kappa shape index (κ3) is 4.10. The predicted molar refractivity (Wildman–Crippen MR) is 76.4 cm³/mol. The topological polar surface area (TPSA) is 44.1 Å². The molecule has 0 radical (unpaired) electrons. The lowest BCUT2D eigenvalue weighted by molar-refractivity contribution is -0.133. The molecule has 1 unspecified atom stereocenters. The van der Waals surface area contributed by atoms with Crippen molar-refractivity contribution < 1.29 is 4.79 Å². The SMILES string of the molecule is CCN(C(=O)CC(C)C)C(C)c1ccc(C#N)cc1. The standard InChI is InChI=1S/C16H22N2O/c1-5-18(16(19)10-12(2)3)13(4)15-8-6-14(11-17)7-9-15/h6-9,12-13H,5,10H2,1-4H3. The Bertz CT molecular complexity index is 457. The minimum absolute atomic E-state index is 0.0454. The second-order valence-corrected chi connectivity index (χ2v) is 5.19. The van der Waals surface area contributed by atoms with Crippen molar-refractivity contribution in [3.8, 4) is 6.07 Å². The van der Waals surface area contributed by atoms with Crippen LogP contribution in [0.2, 0.25) is 0 Å². The van der Waals surface area contributed by atoms with Gasteiger partial charge in [0.15, 0.2) is 0 Å². The van der Waals surface area contributed by atoms with Crippen LogP contribution in [0.15, 0.2) is 24.3 Å². The number of hydrogen-bond acceptors (Lipinski definition) is 2. The number of hydrogen-bond donors (Lipinski definition) is 0. The summed E-state index contributed by atoms with van der Waals surface area (Å²) in [6.07, 6.45) is 0.578. The first kappa shape index (κ1) is 15.2. The lowest BCUT2D eigenvalue weighted by Gasteiger charge is -2.29. The van der Waals surface area contributed by atoms with Crippen LogP contribution in [0.5, 0.6) is 0 Å². The monoisotopic (exact) mass is 258 g/mol. The van der Waals surface area contributed by atoms with Gasteiger partial charge in [0.2, 0.25) is 5.91 Å². The van der Waals surface area contributed by atoms with E-state index in [0.29, 0.717) is 24.4 Å². The van der Waals surface area contributed by atoms with Gasteiger partial charge in [-0.3, -0.25) is 4.79 Å². The first-order chi connectivity index (χ1) is 8.99. The Kier molecular flexibility index (Phi) is 5.57. The first-order valence-electron chi connectivity index (χ1n) is 6.79. The maximum Gasteiger partial charge on any atom is 0.223 e. The van der Waals surface area contributed by atoms with Crippen LogP contribution in [0.4, 0.5) is 0 Å². The van der Waals surface area contributed by atoms with Gasteiger partial charge in [0.25, 0.3) is 0 Å². The van der Waals surface area contributed by atoms with Gasteiger partial charge in [-0.1, -0.05) is 26.0 Å². The molecule has 0 aliphatic rings. The molecule has 0 saturated carbocycles. The van der Waals surface area contributed by atoms with Gasteiger partial charge in [-0.15, -0.1) is 0 Å². The summed E-state index contributed by atoms with van der Waals surface area (Å²) in [6, 6.07) is 9.60. The van der Waals surface area contributed by atoms with E-state index in [0.717, 1.165) is 5.56 Å². The summed E-state index contributed by atoms with van der Waals surface area (Å²) >= 11 is 0. The molecule has 1 aromatic carbocycles. The van der Waals surface area contributed by atoms with Crippen molar-refractivity contribution in [2.75, 3.05) is 6.54 Å². The molecule has 1 atom stereocenters. The van der Waals surface area contributed by atoms with E-state index in [4.69, 9.17) is 5.26 Å². The summed E-state index contributed by atoms with van der Waals surface area (Å²) in [6.45, 7) is 8.84. The van der Waals surface area contributed by atoms with Crippen LogP contribution in [0.1, 0.15) is 51.3 Å². The van der Waals surface area contributed by atoms with Crippen LogP contribution in [0.25, 0.3) is 0 Å². The Morgan fingerprint density at radius 3 is 2.26 bits per heavy atom. The van der Waals surface area contributed by atoms with Crippen LogP contribution < -0.4 is 0 Å². The third-order valence-corrected chi connectivity index (χ3v) is 3.23. The number of nitrogens with zero attached hydrogens (tertiary/aromatic N) is 2. The van der Waals surface area contributed by atoms with Gasteiger partial charge >= 0.3 is 0 Å². The highest BCUT2D eigenvalue weighted by Gasteiger charge is 2.20. The minimum Gasteiger partial charge on any atom is -0.336 e. The zero-order chi connectivity index (χ0) is 14.4. The molecule has 0 aliphatic carbocycles. The molecule has 1 amide bonds. The van der Waals surface area contributed by atoms with E-state index >= 15 is 0 Å². The Morgan fingerprint density at radius 1 is 1.26 bits per heavy atom. The predicted octanol–water partition coefficient (Wildman–Crippen LogP) is 3.51. The molecule has 1 rings (SSSR count). The van der Waals surface area contributed by atoms with Gasteiger partial charge in [-0.05, 0) is 37.5 Å². The molecule has 0 aliphatic heterocycles. The lowest BCUT2D eigenvalue weighted by Crippen LogP contribution is -2.34. The van der Waals surface area contributed by atoms with Gasteiger partial charge in [-0.25, -0.2) is 0 Å².